The van der Waals surface area contributed by atoms with Crippen LogP contribution in [0.25, 0.3) is 0 Å². The first-order valence-electron chi connectivity index (χ1n) is 12.9. The van der Waals surface area contributed by atoms with Gasteiger partial charge in [0.1, 0.15) is 22.6 Å². The lowest BCUT2D eigenvalue weighted by atomic mass is 10.0. The summed E-state index contributed by atoms with van der Waals surface area (Å²) in [6.07, 6.45) is -0.188. The molecule has 2 atom stereocenters. The normalized spacial score (nSPS) is 15.4. The third-order valence-corrected chi connectivity index (χ3v) is 6.83. The van der Waals surface area contributed by atoms with Crippen LogP contribution in [0.2, 0.25) is 0 Å². The van der Waals surface area contributed by atoms with Gasteiger partial charge in [-0.3, -0.25) is 29.1 Å². The summed E-state index contributed by atoms with van der Waals surface area (Å²) in [5.74, 6) is -2.35. The minimum Gasteiger partial charge on any atom is -0.497 e. The highest BCUT2D eigenvalue weighted by Gasteiger charge is 2.34. The molecule has 0 radical (unpaired) electrons. The molecule has 1 aliphatic heterocycles. The molecule has 15 nitrogen and oxygen atoms in total. The third kappa shape index (κ3) is 9.06. The van der Waals surface area contributed by atoms with Crippen molar-refractivity contribution in [3.05, 3.63) is 86.1 Å². The number of aromatic nitrogens is 2. The SMILES string of the molecule is CC(=O)O.CCOC(=O)c1ccc(NC(=O)CC2SC(=NC(c3ccc(OC)cc3)c3c(O)[nH]c(=O)[nH]c3=O)NC2=O)cc1. The van der Waals surface area contributed by atoms with E-state index in [-0.39, 0.29) is 23.8 Å². The number of carbonyl (C=O) groups is 4. The van der Waals surface area contributed by atoms with Gasteiger partial charge in [-0.15, -0.1) is 0 Å². The number of nitrogens with zero attached hydrogens (tertiary/aromatic N) is 1. The van der Waals surface area contributed by atoms with E-state index in [0.717, 1.165) is 18.7 Å². The number of aromatic amines is 2. The molecule has 16 heteroatoms. The molecule has 232 valence electrons. The summed E-state index contributed by atoms with van der Waals surface area (Å²) < 4.78 is 10.1. The van der Waals surface area contributed by atoms with E-state index in [9.17, 15) is 29.1 Å². The lowest BCUT2D eigenvalue weighted by molar-refractivity contribution is -0.134. The van der Waals surface area contributed by atoms with E-state index in [4.69, 9.17) is 19.4 Å². The minimum absolute atomic E-state index is 0.118. The van der Waals surface area contributed by atoms with Crippen LogP contribution in [0.4, 0.5) is 5.69 Å². The van der Waals surface area contributed by atoms with Crippen LogP contribution in [0.1, 0.15) is 47.8 Å². The standard InChI is InChI=1S/C26H25N5O8S.C2H4O2/c1-3-39-24(36)14-4-8-15(9-5-14)27-18(32)12-17-21(33)31-26(40-17)28-20(13-6-10-16(38-2)11-7-13)19-22(34)29-25(37)30-23(19)35;1-2(3)4/h4-11,17,20H,3,12H2,1-2H3,(H,27,32)(H,28,31,33)(H3,29,30,34,35,37);1H3,(H,3,4). The number of hydrogen-bond acceptors (Lipinski definition) is 11. The average molecular weight is 628 g/mol. The molecule has 0 bridgehead atoms. The number of anilines is 1. The second kappa shape index (κ2) is 15.2. The van der Waals surface area contributed by atoms with Crippen LogP contribution in [0.3, 0.4) is 0 Å². The molecular weight excluding hydrogens is 598 g/mol. The molecule has 2 aromatic carbocycles. The molecule has 1 fully saturated rings. The highest BCUT2D eigenvalue weighted by Crippen LogP contribution is 2.32. The van der Waals surface area contributed by atoms with Gasteiger partial charge in [0.05, 0.1) is 19.3 Å². The Bertz CT molecular complexity index is 1660. The molecule has 1 aliphatic rings. The van der Waals surface area contributed by atoms with Crippen molar-refractivity contribution in [2.24, 2.45) is 4.99 Å². The van der Waals surface area contributed by atoms with E-state index in [2.05, 4.69) is 25.6 Å². The number of carbonyl (C=O) groups excluding carboxylic acids is 3. The first-order chi connectivity index (χ1) is 20.9. The van der Waals surface area contributed by atoms with Crippen molar-refractivity contribution >= 4 is 46.4 Å². The number of nitrogens with one attached hydrogen (secondary N) is 4. The maximum Gasteiger partial charge on any atom is 0.338 e. The number of esters is 1. The quantitative estimate of drug-likeness (QED) is 0.187. The lowest BCUT2D eigenvalue weighted by Crippen LogP contribution is -2.29. The second-order valence-corrected chi connectivity index (χ2v) is 10.1. The molecule has 3 aromatic rings. The Kier molecular flexibility index (Phi) is 11.4. The van der Waals surface area contributed by atoms with E-state index in [1.807, 2.05) is 0 Å². The molecule has 0 saturated carbocycles. The monoisotopic (exact) mass is 627 g/mol. The number of aliphatic carboxylic acids is 1. The number of aromatic hydroxyl groups is 1. The van der Waals surface area contributed by atoms with Gasteiger partial charge >= 0.3 is 11.7 Å². The Balaban J connectivity index is 0.00000124. The molecule has 44 heavy (non-hydrogen) atoms. The summed E-state index contributed by atoms with van der Waals surface area (Å²) in [5, 5.41) is 22.4. The largest absolute Gasteiger partial charge is 0.497 e. The van der Waals surface area contributed by atoms with Crippen LogP contribution < -0.4 is 26.6 Å². The zero-order chi connectivity index (χ0) is 32.4. The summed E-state index contributed by atoms with van der Waals surface area (Å²) in [6.45, 7) is 3.03. The highest BCUT2D eigenvalue weighted by molar-refractivity contribution is 8.15. The molecule has 2 amide bonds. The van der Waals surface area contributed by atoms with Crippen molar-refractivity contribution in [2.75, 3.05) is 19.0 Å². The van der Waals surface area contributed by atoms with Gasteiger partial charge in [0.15, 0.2) is 5.17 Å². The fourth-order valence-electron chi connectivity index (χ4n) is 3.83. The van der Waals surface area contributed by atoms with Gasteiger partial charge < -0.3 is 30.3 Å². The molecule has 1 aromatic heterocycles. The predicted molar refractivity (Wildman–Crippen MR) is 160 cm³/mol. The molecule has 2 unspecified atom stereocenters. The van der Waals surface area contributed by atoms with E-state index in [0.29, 0.717) is 22.6 Å². The predicted octanol–water partition coefficient (Wildman–Crippen LogP) is 1.75. The number of thioether (sulfide) groups is 1. The number of methoxy groups -OCH3 is 1. The number of amidine groups is 1. The van der Waals surface area contributed by atoms with Crippen LogP contribution >= 0.6 is 11.8 Å². The molecule has 0 aliphatic carbocycles. The first kappa shape index (κ1) is 33.1. The second-order valence-electron chi connectivity index (χ2n) is 8.95. The fourth-order valence-corrected chi connectivity index (χ4v) is 4.83. The molecule has 4 rings (SSSR count). The van der Waals surface area contributed by atoms with Crippen LogP contribution in [-0.2, 0) is 19.1 Å². The minimum atomic E-state index is -1.11. The Hall–Kier alpha value is -5.38. The highest BCUT2D eigenvalue weighted by atomic mass is 32.2. The number of carboxylic acid groups (broad SMARTS) is 1. The van der Waals surface area contributed by atoms with Gasteiger partial charge in [0.2, 0.25) is 17.7 Å². The van der Waals surface area contributed by atoms with Crippen molar-refractivity contribution in [3.8, 4) is 11.6 Å². The maximum absolute atomic E-state index is 12.6. The van der Waals surface area contributed by atoms with Crippen LogP contribution in [0.15, 0.2) is 63.1 Å². The van der Waals surface area contributed by atoms with Crippen molar-refractivity contribution < 1.29 is 38.9 Å². The maximum atomic E-state index is 12.6. The van der Waals surface area contributed by atoms with Gasteiger partial charge in [0, 0.05) is 19.0 Å². The van der Waals surface area contributed by atoms with Crippen molar-refractivity contribution in [2.45, 2.75) is 31.6 Å². The van der Waals surface area contributed by atoms with Crippen LogP contribution in [0, 0.1) is 0 Å². The average Bonchev–Trinajstić information content (AvgIpc) is 3.30. The van der Waals surface area contributed by atoms with E-state index in [1.165, 1.54) is 19.2 Å². The van der Waals surface area contributed by atoms with Gasteiger partial charge in [-0.25, -0.2) is 14.6 Å². The zero-order valence-corrected chi connectivity index (χ0v) is 24.5. The van der Waals surface area contributed by atoms with E-state index >= 15 is 0 Å². The zero-order valence-electron chi connectivity index (χ0n) is 23.7. The van der Waals surface area contributed by atoms with Crippen molar-refractivity contribution in [1.82, 2.24) is 15.3 Å². The van der Waals surface area contributed by atoms with Gasteiger partial charge in [-0.05, 0) is 48.9 Å². The number of rotatable bonds is 9. The summed E-state index contributed by atoms with van der Waals surface area (Å²) in [4.78, 5) is 79.0. The smallest absolute Gasteiger partial charge is 0.338 e. The number of hydrogen-bond donors (Lipinski definition) is 6. The molecule has 1 saturated heterocycles. The summed E-state index contributed by atoms with van der Waals surface area (Å²) >= 11 is 0.986. The molecule has 0 spiro atoms. The Morgan fingerprint density at radius 2 is 1.68 bits per heavy atom. The van der Waals surface area contributed by atoms with Crippen molar-refractivity contribution in [3.63, 3.8) is 0 Å². The Morgan fingerprint density at radius 3 is 2.25 bits per heavy atom. The van der Waals surface area contributed by atoms with E-state index in [1.54, 1.807) is 43.3 Å². The number of ether oxygens (including phenoxy) is 2. The van der Waals surface area contributed by atoms with Gasteiger partial charge in [0.25, 0.3) is 11.5 Å². The van der Waals surface area contributed by atoms with E-state index < -0.39 is 52.2 Å². The topological polar surface area (TPSA) is 229 Å². The van der Waals surface area contributed by atoms with Crippen LogP contribution in [0.5, 0.6) is 11.6 Å². The van der Waals surface area contributed by atoms with Gasteiger partial charge in [-0.2, -0.15) is 0 Å². The Morgan fingerprint density at radius 1 is 1.05 bits per heavy atom. The fraction of sp³-hybridized carbons (Fsp3) is 0.250. The number of H-pyrrole nitrogens is 2. The number of aliphatic imine (C=N–C) groups is 1. The molecule has 2 heterocycles. The molecular formula is C28H29N5O10S. The van der Waals surface area contributed by atoms with Gasteiger partial charge in [-0.1, -0.05) is 23.9 Å². The summed E-state index contributed by atoms with van der Waals surface area (Å²) in [7, 11) is 1.49. The summed E-state index contributed by atoms with van der Waals surface area (Å²) in [6, 6.07) is 11.5. The lowest BCUT2D eigenvalue weighted by Gasteiger charge is -2.15. The Labute approximate surface area is 253 Å². The molecule has 6 N–H and O–H groups in total. The number of carboxylic acids is 1. The number of benzene rings is 2. The van der Waals surface area contributed by atoms with Crippen molar-refractivity contribution in [1.29, 1.82) is 0 Å². The number of amides is 2. The van der Waals surface area contributed by atoms with Crippen LogP contribution in [-0.4, -0.2) is 68.1 Å². The summed E-state index contributed by atoms with van der Waals surface area (Å²) in [5.41, 5.74) is -0.751. The third-order valence-electron chi connectivity index (χ3n) is 5.74. The first-order valence-corrected chi connectivity index (χ1v) is 13.8.